The van der Waals surface area contributed by atoms with Crippen LogP contribution in [0.2, 0.25) is 0 Å². The summed E-state index contributed by atoms with van der Waals surface area (Å²) in [6, 6.07) is 4.84. The molecule has 5 nitrogen and oxygen atoms in total. The van der Waals surface area contributed by atoms with Gasteiger partial charge in [0.2, 0.25) is 0 Å². The predicted octanol–water partition coefficient (Wildman–Crippen LogP) is 2.05. The average molecular weight is 318 g/mol. The Labute approximate surface area is 135 Å². The van der Waals surface area contributed by atoms with Crippen LogP contribution in [0, 0.1) is 5.82 Å². The van der Waals surface area contributed by atoms with E-state index in [9.17, 15) is 9.50 Å². The molecule has 0 amide bonds. The number of nitrogens with zero attached hydrogens (tertiary/aromatic N) is 4. The smallest absolute Gasteiger partial charge is 0.140 e. The average Bonchev–Trinajstić information content (AvgIpc) is 2.45. The van der Waals surface area contributed by atoms with Crippen LogP contribution in [0.5, 0.6) is 0 Å². The number of piperazine rings is 1. The minimum Gasteiger partial charge on any atom is -0.389 e. The van der Waals surface area contributed by atoms with Crippen molar-refractivity contribution < 1.29 is 9.50 Å². The first-order valence-electron chi connectivity index (χ1n) is 7.95. The van der Waals surface area contributed by atoms with Gasteiger partial charge in [-0.1, -0.05) is 0 Å². The van der Waals surface area contributed by atoms with E-state index in [0.29, 0.717) is 6.54 Å². The molecule has 0 spiro atoms. The second kappa shape index (κ2) is 6.02. The van der Waals surface area contributed by atoms with Crippen molar-refractivity contribution in [3.63, 3.8) is 0 Å². The zero-order chi connectivity index (χ0) is 16.6. The molecule has 1 aliphatic heterocycles. The summed E-state index contributed by atoms with van der Waals surface area (Å²) >= 11 is 0. The highest BCUT2D eigenvalue weighted by Crippen LogP contribution is 2.27. The van der Waals surface area contributed by atoms with E-state index in [1.807, 2.05) is 13.8 Å². The van der Waals surface area contributed by atoms with Crippen LogP contribution in [-0.4, -0.2) is 57.8 Å². The quantitative estimate of drug-likeness (QED) is 0.939. The Bertz CT molecular complexity index is 701. The number of fused-ring (bicyclic) bond motifs is 1. The fourth-order valence-electron chi connectivity index (χ4n) is 3.28. The van der Waals surface area contributed by atoms with Crippen LogP contribution in [0.15, 0.2) is 24.5 Å². The number of benzene rings is 1. The van der Waals surface area contributed by atoms with Crippen LogP contribution in [0.25, 0.3) is 10.9 Å². The second-order valence-corrected chi connectivity index (χ2v) is 6.95. The fraction of sp³-hybridized carbons (Fsp3) is 0.529. The monoisotopic (exact) mass is 318 g/mol. The Morgan fingerprint density at radius 3 is 2.78 bits per heavy atom. The van der Waals surface area contributed by atoms with E-state index in [2.05, 4.69) is 26.7 Å². The molecule has 3 rings (SSSR count). The fourth-order valence-corrected chi connectivity index (χ4v) is 3.28. The third kappa shape index (κ3) is 3.59. The van der Waals surface area contributed by atoms with Gasteiger partial charge < -0.3 is 10.0 Å². The lowest BCUT2D eigenvalue weighted by atomic mass is 10.1. The molecule has 1 aliphatic rings. The minimum atomic E-state index is -0.702. The van der Waals surface area contributed by atoms with Crippen LogP contribution < -0.4 is 4.90 Å². The summed E-state index contributed by atoms with van der Waals surface area (Å²) in [4.78, 5) is 13.1. The van der Waals surface area contributed by atoms with Gasteiger partial charge in [0.05, 0.1) is 11.1 Å². The van der Waals surface area contributed by atoms with Crippen molar-refractivity contribution in [1.29, 1.82) is 0 Å². The van der Waals surface area contributed by atoms with Gasteiger partial charge in [-0.15, -0.1) is 0 Å². The summed E-state index contributed by atoms with van der Waals surface area (Å²) in [6.07, 6.45) is 1.53. The Kier molecular flexibility index (Phi) is 4.21. The van der Waals surface area contributed by atoms with Gasteiger partial charge >= 0.3 is 0 Å². The summed E-state index contributed by atoms with van der Waals surface area (Å²) in [5.74, 6) is 0.506. The molecule has 1 fully saturated rings. The maximum Gasteiger partial charge on any atom is 0.140 e. The number of anilines is 1. The SMILES string of the molecule is CC1CN(CC(C)(C)O)CCN1c1ncnc2ccc(F)cc12. The molecule has 0 saturated carbocycles. The molecule has 6 heteroatoms. The van der Waals surface area contributed by atoms with E-state index in [1.165, 1.54) is 18.5 Å². The number of aliphatic hydroxyl groups is 1. The van der Waals surface area contributed by atoms with E-state index in [0.717, 1.165) is 36.4 Å². The molecule has 1 unspecified atom stereocenters. The maximum absolute atomic E-state index is 13.6. The van der Waals surface area contributed by atoms with Crippen LogP contribution in [0.3, 0.4) is 0 Å². The van der Waals surface area contributed by atoms with Gasteiger partial charge in [0, 0.05) is 37.6 Å². The second-order valence-electron chi connectivity index (χ2n) is 6.95. The largest absolute Gasteiger partial charge is 0.389 e. The number of hydrogen-bond acceptors (Lipinski definition) is 5. The molecule has 1 aromatic carbocycles. The first kappa shape index (κ1) is 16.1. The van der Waals surface area contributed by atoms with Crippen molar-refractivity contribution in [2.75, 3.05) is 31.1 Å². The molecule has 124 valence electrons. The Morgan fingerprint density at radius 1 is 1.30 bits per heavy atom. The summed E-state index contributed by atoms with van der Waals surface area (Å²) in [5, 5.41) is 10.7. The molecule has 0 radical (unpaired) electrons. The zero-order valence-electron chi connectivity index (χ0n) is 13.8. The van der Waals surface area contributed by atoms with Gasteiger partial charge in [-0.2, -0.15) is 0 Å². The number of halogens is 1. The lowest BCUT2D eigenvalue weighted by Gasteiger charge is -2.42. The Balaban J connectivity index is 1.85. The van der Waals surface area contributed by atoms with Gasteiger partial charge in [-0.25, -0.2) is 14.4 Å². The number of β-amino-alcohol motifs (C(OH)–C–C–N with tert-alkyl or cyclic N) is 1. The first-order chi connectivity index (χ1) is 10.8. The predicted molar refractivity (Wildman–Crippen MR) is 89.0 cm³/mol. The first-order valence-corrected chi connectivity index (χ1v) is 7.95. The third-order valence-corrected chi connectivity index (χ3v) is 4.17. The minimum absolute atomic E-state index is 0.229. The van der Waals surface area contributed by atoms with E-state index < -0.39 is 5.60 Å². The highest BCUT2D eigenvalue weighted by atomic mass is 19.1. The van der Waals surface area contributed by atoms with E-state index in [-0.39, 0.29) is 11.9 Å². The van der Waals surface area contributed by atoms with Crippen molar-refractivity contribution in [2.45, 2.75) is 32.4 Å². The summed E-state index contributed by atoms with van der Waals surface area (Å²) < 4.78 is 13.6. The molecule has 1 saturated heterocycles. The van der Waals surface area contributed by atoms with Crippen molar-refractivity contribution in [3.05, 3.63) is 30.3 Å². The summed E-state index contributed by atoms with van der Waals surface area (Å²) in [7, 11) is 0. The molecule has 1 atom stereocenters. The molecule has 23 heavy (non-hydrogen) atoms. The van der Waals surface area contributed by atoms with Crippen molar-refractivity contribution in [2.24, 2.45) is 0 Å². The van der Waals surface area contributed by atoms with Gasteiger partial charge in [0.1, 0.15) is 18.0 Å². The van der Waals surface area contributed by atoms with E-state index >= 15 is 0 Å². The lowest BCUT2D eigenvalue weighted by molar-refractivity contribution is 0.0307. The number of aromatic nitrogens is 2. The normalized spacial score (nSPS) is 20.2. The van der Waals surface area contributed by atoms with Crippen LogP contribution >= 0.6 is 0 Å². The highest BCUT2D eigenvalue weighted by Gasteiger charge is 2.28. The van der Waals surface area contributed by atoms with Crippen LogP contribution in [-0.2, 0) is 0 Å². The Hall–Kier alpha value is -1.79. The molecule has 2 heterocycles. The van der Waals surface area contributed by atoms with Gasteiger partial charge in [-0.3, -0.25) is 4.90 Å². The van der Waals surface area contributed by atoms with E-state index in [1.54, 1.807) is 6.07 Å². The maximum atomic E-state index is 13.6. The molecular formula is C17H23FN4O. The van der Waals surface area contributed by atoms with E-state index in [4.69, 9.17) is 0 Å². The molecule has 0 aliphatic carbocycles. The molecular weight excluding hydrogens is 295 g/mol. The third-order valence-electron chi connectivity index (χ3n) is 4.17. The van der Waals surface area contributed by atoms with Crippen LogP contribution in [0.4, 0.5) is 10.2 Å². The summed E-state index contributed by atoms with van der Waals surface area (Å²) in [6.45, 7) is 8.89. The molecule has 1 aromatic heterocycles. The standard InChI is InChI=1S/C17H23FN4O/c1-12-9-21(10-17(2,3)23)6-7-22(12)16-14-8-13(18)4-5-15(14)19-11-20-16/h4-5,8,11-12,23H,6-7,9-10H2,1-3H3. The van der Waals surface area contributed by atoms with Gasteiger partial charge in [0.15, 0.2) is 0 Å². The Morgan fingerprint density at radius 2 is 2.09 bits per heavy atom. The van der Waals surface area contributed by atoms with Crippen molar-refractivity contribution in [3.8, 4) is 0 Å². The topological polar surface area (TPSA) is 52.5 Å². The van der Waals surface area contributed by atoms with Crippen molar-refractivity contribution >= 4 is 16.7 Å². The lowest BCUT2D eigenvalue weighted by Crippen LogP contribution is -2.55. The molecule has 0 bridgehead atoms. The number of rotatable bonds is 3. The van der Waals surface area contributed by atoms with Crippen molar-refractivity contribution in [1.82, 2.24) is 14.9 Å². The van der Waals surface area contributed by atoms with Crippen LogP contribution in [0.1, 0.15) is 20.8 Å². The zero-order valence-corrected chi connectivity index (χ0v) is 13.8. The highest BCUT2D eigenvalue weighted by molar-refractivity contribution is 5.89. The van der Waals surface area contributed by atoms with Gasteiger partial charge in [0.25, 0.3) is 0 Å². The summed E-state index contributed by atoms with van der Waals surface area (Å²) in [5.41, 5.74) is 0.0506. The van der Waals surface area contributed by atoms with Gasteiger partial charge in [-0.05, 0) is 39.0 Å². The molecule has 1 N–H and O–H groups in total. The molecule has 2 aromatic rings. The number of hydrogen-bond donors (Lipinski definition) is 1.